The van der Waals surface area contributed by atoms with Crippen LogP contribution in [0.25, 0.3) is 10.9 Å². The Hall–Kier alpha value is -2.28. The highest BCUT2D eigenvalue weighted by molar-refractivity contribution is 7.99. The molecule has 0 aliphatic carbocycles. The van der Waals surface area contributed by atoms with Crippen LogP contribution >= 0.6 is 11.8 Å². The van der Waals surface area contributed by atoms with Crippen molar-refractivity contribution in [3.8, 4) is 0 Å². The van der Waals surface area contributed by atoms with E-state index in [9.17, 15) is 13.2 Å². The number of hydrogen-bond acceptors (Lipinski definition) is 4. The molecule has 0 spiro atoms. The van der Waals surface area contributed by atoms with E-state index >= 15 is 0 Å². The molecular formula is C18H16F3N3S. The largest absolute Gasteiger partial charge is 0.398 e. The Morgan fingerprint density at radius 3 is 2.48 bits per heavy atom. The van der Waals surface area contributed by atoms with Crippen molar-refractivity contribution >= 4 is 28.5 Å². The van der Waals surface area contributed by atoms with E-state index in [1.54, 1.807) is 12.1 Å². The fourth-order valence-corrected chi connectivity index (χ4v) is 3.05. The van der Waals surface area contributed by atoms with Gasteiger partial charge in [-0.1, -0.05) is 24.3 Å². The van der Waals surface area contributed by atoms with Gasteiger partial charge >= 0.3 is 6.18 Å². The summed E-state index contributed by atoms with van der Waals surface area (Å²) in [6, 6.07) is 14.9. The van der Waals surface area contributed by atoms with Crippen LogP contribution in [0.5, 0.6) is 0 Å². The van der Waals surface area contributed by atoms with E-state index in [0.717, 1.165) is 40.5 Å². The lowest BCUT2D eigenvalue weighted by Gasteiger charge is -2.09. The maximum absolute atomic E-state index is 12.2. The minimum absolute atomic E-state index is 0.621. The summed E-state index contributed by atoms with van der Waals surface area (Å²) in [6.07, 6.45) is -1.87. The van der Waals surface area contributed by atoms with Crippen molar-refractivity contribution in [2.75, 3.05) is 17.6 Å². The van der Waals surface area contributed by atoms with Gasteiger partial charge in [0.1, 0.15) is 12.1 Å². The number of para-hydroxylation sites is 1. The second-order valence-corrected chi connectivity index (χ2v) is 6.51. The molecule has 0 amide bonds. The van der Waals surface area contributed by atoms with E-state index in [1.807, 2.05) is 36.4 Å². The fourth-order valence-electron chi connectivity index (χ4n) is 2.39. The quantitative estimate of drug-likeness (QED) is 0.630. The summed E-state index contributed by atoms with van der Waals surface area (Å²) in [6.45, 7) is 0.677. The molecule has 1 aromatic heterocycles. The third-order valence-electron chi connectivity index (χ3n) is 3.57. The summed E-state index contributed by atoms with van der Waals surface area (Å²) in [5.41, 5.74) is 1.94. The van der Waals surface area contributed by atoms with Crippen molar-refractivity contribution in [1.82, 2.24) is 9.97 Å². The molecule has 7 heteroatoms. The number of nitrogens with zero attached hydrogens (tertiary/aromatic N) is 2. The van der Waals surface area contributed by atoms with Crippen LogP contribution in [0.3, 0.4) is 0 Å². The molecular weight excluding hydrogens is 347 g/mol. The summed E-state index contributed by atoms with van der Waals surface area (Å²) >= 11 is 0.801. The Morgan fingerprint density at radius 2 is 1.72 bits per heavy atom. The molecule has 130 valence electrons. The number of thioether (sulfide) groups is 1. The Labute approximate surface area is 147 Å². The zero-order valence-electron chi connectivity index (χ0n) is 13.3. The Kier molecular flexibility index (Phi) is 5.43. The molecule has 0 aliphatic rings. The van der Waals surface area contributed by atoms with Gasteiger partial charge in [-0.15, -0.1) is 11.8 Å². The summed E-state index contributed by atoms with van der Waals surface area (Å²) in [4.78, 5) is 9.11. The van der Waals surface area contributed by atoms with E-state index in [0.29, 0.717) is 11.4 Å². The maximum atomic E-state index is 12.2. The number of anilines is 1. The number of rotatable bonds is 6. The Bertz CT molecular complexity index is 830. The van der Waals surface area contributed by atoms with Gasteiger partial charge in [0.25, 0.3) is 0 Å². The molecule has 0 atom stereocenters. The zero-order valence-corrected chi connectivity index (χ0v) is 14.1. The number of nitrogens with one attached hydrogen (secondary N) is 1. The molecule has 0 fully saturated rings. The van der Waals surface area contributed by atoms with Crippen LogP contribution in [-0.4, -0.2) is 28.4 Å². The van der Waals surface area contributed by atoms with Crippen LogP contribution in [0.1, 0.15) is 5.56 Å². The highest BCUT2D eigenvalue weighted by Gasteiger charge is 2.27. The number of halogens is 3. The first-order chi connectivity index (χ1) is 12.0. The summed E-state index contributed by atoms with van der Waals surface area (Å²) < 4.78 is 36.7. The first-order valence-electron chi connectivity index (χ1n) is 7.73. The van der Waals surface area contributed by atoms with Gasteiger partial charge in [0, 0.05) is 16.8 Å². The first-order valence-corrected chi connectivity index (χ1v) is 8.72. The molecule has 3 nitrogen and oxygen atoms in total. The van der Waals surface area contributed by atoms with E-state index < -0.39 is 11.9 Å². The molecule has 1 N–H and O–H groups in total. The smallest absolute Gasteiger partial charge is 0.369 e. The first kappa shape index (κ1) is 17.5. The van der Waals surface area contributed by atoms with Crippen molar-refractivity contribution in [3.05, 3.63) is 60.4 Å². The van der Waals surface area contributed by atoms with E-state index in [2.05, 4.69) is 15.3 Å². The second-order valence-electron chi connectivity index (χ2n) is 5.46. The summed E-state index contributed by atoms with van der Waals surface area (Å²) in [5.74, 6) is -0.0859. The predicted molar refractivity (Wildman–Crippen MR) is 95.0 cm³/mol. The molecule has 0 unspecified atom stereocenters. The number of hydrogen-bond donors (Lipinski definition) is 1. The molecule has 0 bridgehead atoms. The molecule has 3 aromatic rings. The summed E-state index contributed by atoms with van der Waals surface area (Å²) in [5, 5.41) is 4.25. The highest BCUT2D eigenvalue weighted by atomic mass is 32.2. The minimum atomic E-state index is -4.15. The van der Waals surface area contributed by atoms with Crippen LogP contribution in [0.2, 0.25) is 0 Å². The van der Waals surface area contributed by atoms with Gasteiger partial charge in [0.15, 0.2) is 0 Å². The molecule has 3 rings (SSSR count). The predicted octanol–water partition coefficient (Wildman–Crippen LogP) is 4.94. The third kappa shape index (κ3) is 5.09. The molecule has 25 heavy (non-hydrogen) atoms. The zero-order chi connectivity index (χ0) is 17.7. The Balaban J connectivity index is 1.55. The lowest BCUT2D eigenvalue weighted by Crippen LogP contribution is -2.10. The van der Waals surface area contributed by atoms with Crippen LogP contribution in [0.15, 0.2) is 59.8 Å². The standard InChI is InChI=1S/C18H16F3N3S/c19-18(20,21)11-25-14-7-5-13(6-8-14)9-10-22-17-15-3-1-2-4-16(15)23-12-24-17/h1-8,12H,9-11H2,(H,22,23,24). The van der Waals surface area contributed by atoms with Gasteiger partial charge in [0.05, 0.1) is 11.3 Å². The normalized spacial score (nSPS) is 11.6. The van der Waals surface area contributed by atoms with Crippen molar-refractivity contribution in [3.63, 3.8) is 0 Å². The van der Waals surface area contributed by atoms with E-state index in [-0.39, 0.29) is 0 Å². The van der Waals surface area contributed by atoms with Gasteiger partial charge in [-0.05, 0) is 36.2 Å². The maximum Gasteiger partial charge on any atom is 0.398 e. The van der Waals surface area contributed by atoms with Crippen LogP contribution in [0.4, 0.5) is 19.0 Å². The number of benzene rings is 2. The monoisotopic (exact) mass is 363 g/mol. The van der Waals surface area contributed by atoms with Gasteiger partial charge in [0.2, 0.25) is 0 Å². The highest BCUT2D eigenvalue weighted by Crippen LogP contribution is 2.27. The lowest BCUT2D eigenvalue weighted by molar-refractivity contribution is -0.105. The fraction of sp³-hybridized carbons (Fsp3) is 0.222. The van der Waals surface area contributed by atoms with E-state index in [4.69, 9.17) is 0 Å². The van der Waals surface area contributed by atoms with Crippen LogP contribution in [0, 0.1) is 0 Å². The molecule has 0 radical (unpaired) electrons. The number of alkyl halides is 3. The van der Waals surface area contributed by atoms with Crippen molar-refractivity contribution in [2.45, 2.75) is 17.5 Å². The molecule has 0 aliphatic heterocycles. The SMILES string of the molecule is FC(F)(F)CSc1ccc(CCNc2ncnc3ccccc23)cc1. The molecule has 0 saturated carbocycles. The lowest BCUT2D eigenvalue weighted by atomic mass is 10.1. The molecule has 2 aromatic carbocycles. The van der Waals surface area contributed by atoms with Crippen molar-refractivity contribution < 1.29 is 13.2 Å². The van der Waals surface area contributed by atoms with Crippen molar-refractivity contribution in [1.29, 1.82) is 0 Å². The number of fused-ring (bicyclic) bond motifs is 1. The third-order valence-corrected chi connectivity index (χ3v) is 4.65. The van der Waals surface area contributed by atoms with Crippen LogP contribution < -0.4 is 5.32 Å². The summed E-state index contributed by atoms with van der Waals surface area (Å²) in [7, 11) is 0. The average Bonchev–Trinajstić information content (AvgIpc) is 2.61. The average molecular weight is 363 g/mol. The molecule has 1 heterocycles. The Morgan fingerprint density at radius 1 is 0.960 bits per heavy atom. The van der Waals surface area contributed by atoms with E-state index in [1.165, 1.54) is 6.33 Å². The number of aromatic nitrogens is 2. The minimum Gasteiger partial charge on any atom is -0.369 e. The van der Waals surface area contributed by atoms with Crippen LogP contribution in [-0.2, 0) is 6.42 Å². The molecule has 0 saturated heterocycles. The topological polar surface area (TPSA) is 37.8 Å². The second kappa shape index (κ2) is 7.74. The van der Waals surface area contributed by atoms with Gasteiger partial charge in [-0.25, -0.2) is 9.97 Å². The van der Waals surface area contributed by atoms with Gasteiger partial charge < -0.3 is 5.32 Å². The van der Waals surface area contributed by atoms with Gasteiger partial charge in [-0.2, -0.15) is 13.2 Å². The van der Waals surface area contributed by atoms with Crippen molar-refractivity contribution in [2.24, 2.45) is 0 Å². The van der Waals surface area contributed by atoms with Gasteiger partial charge in [-0.3, -0.25) is 0 Å².